The fourth-order valence-corrected chi connectivity index (χ4v) is 4.03. The van der Waals surface area contributed by atoms with E-state index < -0.39 is 0 Å². The second-order valence-corrected chi connectivity index (χ2v) is 7.49. The number of carbonyl (C=O) groups excluding carboxylic acids is 1. The number of aromatic nitrogens is 1. The maximum absolute atomic E-state index is 12.2. The third-order valence-corrected chi connectivity index (χ3v) is 5.64. The van der Waals surface area contributed by atoms with Crippen molar-refractivity contribution < 1.29 is 4.79 Å². The van der Waals surface area contributed by atoms with E-state index in [4.69, 9.17) is 0 Å². The molecule has 0 fully saturated rings. The molecule has 1 aliphatic rings. The number of amides is 1. The van der Waals surface area contributed by atoms with Gasteiger partial charge >= 0.3 is 0 Å². The van der Waals surface area contributed by atoms with Crippen molar-refractivity contribution in [2.24, 2.45) is 0 Å². The summed E-state index contributed by atoms with van der Waals surface area (Å²) < 4.78 is 0. The normalized spacial score (nSPS) is 17.1. The van der Waals surface area contributed by atoms with Crippen LogP contribution in [0.1, 0.15) is 60.4 Å². The molecule has 0 spiro atoms. The molecule has 1 aromatic carbocycles. The number of hydrogen-bond acceptors (Lipinski definition) is 3. The number of nitrogens with one attached hydrogen (secondary N) is 1. The molecule has 4 heteroatoms. The average Bonchev–Trinajstić information content (AvgIpc) is 3.01. The fourth-order valence-electron chi connectivity index (χ4n) is 3.20. The van der Waals surface area contributed by atoms with Crippen LogP contribution in [0.4, 0.5) is 0 Å². The lowest BCUT2D eigenvalue weighted by Gasteiger charge is -2.25. The van der Waals surface area contributed by atoms with Gasteiger partial charge in [0, 0.05) is 23.8 Å². The molecule has 0 saturated carbocycles. The van der Waals surface area contributed by atoms with Crippen LogP contribution in [-0.4, -0.2) is 17.4 Å². The van der Waals surface area contributed by atoms with Crippen LogP contribution >= 0.6 is 11.3 Å². The summed E-state index contributed by atoms with van der Waals surface area (Å²) in [4.78, 5) is 16.7. The van der Waals surface area contributed by atoms with Crippen LogP contribution in [-0.2, 0) is 17.6 Å². The average molecular weight is 328 g/mol. The van der Waals surface area contributed by atoms with Crippen LogP contribution in [0.5, 0.6) is 0 Å². The van der Waals surface area contributed by atoms with Crippen molar-refractivity contribution in [3.63, 3.8) is 0 Å². The molecule has 0 bridgehead atoms. The van der Waals surface area contributed by atoms with Gasteiger partial charge in [-0.2, -0.15) is 0 Å². The van der Waals surface area contributed by atoms with E-state index in [0.29, 0.717) is 18.3 Å². The highest BCUT2D eigenvalue weighted by Gasteiger charge is 2.20. The van der Waals surface area contributed by atoms with Gasteiger partial charge in [0.1, 0.15) is 0 Å². The molecule has 0 saturated heterocycles. The predicted molar refractivity (Wildman–Crippen MR) is 95.0 cm³/mol. The Labute approximate surface area is 142 Å². The van der Waals surface area contributed by atoms with Gasteiger partial charge in [-0.25, -0.2) is 4.98 Å². The van der Waals surface area contributed by atoms with E-state index in [2.05, 4.69) is 48.4 Å². The third-order valence-electron chi connectivity index (χ3n) is 4.44. The van der Waals surface area contributed by atoms with Crippen molar-refractivity contribution in [2.45, 2.75) is 51.4 Å². The van der Waals surface area contributed by atoms with Gasteiger partial charge in [0.2, 0.25) is 5.91 Å². The topological polar surface area (TPSA) is 42.0 Å². The largest absolute Gasteiger partial charge is 0.355 e. The van der Waals surface area contributed by atoms with Gasteiger partial charge in [0.25, 0.3) is 0 Å². The summed E-state index contributed by atoms with van der Waals surface area (Å²) in [6, 6.07) is 8.63. The highest BCUT2D eigenvalue weighted by molar-refractivity contribution is 7.09. The van der Waals surface area contributed by atoms with Gasteiger partial charge < -0.3 is 5.32 Å². The van der Waals surface area contributed by atoms with Crippen molar-refractivity contribution in [3.8, 4) is 0 Å². The van der Waals surface area contributed by atoms with E-state index in [1.165, 1.54) is 17.5 Å². The number of carbonyl (C=O) groups is 1. The smallest absolute Gasteiger partial charge is 0.226 e. The summed E-state index contributed by atoms with van der Waals surface area (Å²) in [5.41, 5.74) is 3.74. The zero-order valence-corrected chi connectivity index (χ0v) is 14.7. The number of aryl methyl sites for hydroxylation is 1. The Balaban J connectivity index is 1.55. The van der Waals surface area contributed by atoms with Crippen molar-refractivity contribution in [2.75, 3.05) is 6.54 Å². The molecule has 1 aliphatic carbocycles. The summed E-state index contributed by atoms with van der Waals surface area (Å²) in [5.74, 6) is 0.953. The highest BCUT2D eigenvalue weighted by atomic mass is 32.1. The van der Waals surface area contributed by atoms with Crippen LogP contribution in [0.3, 0.4) is 0 Å². The van der Waals surface area contributed by atoms with E-state index in [1.54, 1.807) is 11.3 Å². The Morgan fingerprint density at radius 1 is 1.39 bits per heavy atom. The number of rotatable bonds is 5. The predicted octanol–water partition coefficient (Wildman–Crippen LogP) is 4.05. The highest BCUT2D eigenvalue weighted by Crippen LogP contribution is 2.30. The van der Waals surface area contributed by atoms with Crippen LogP contribution in [0, 0.1) is 0 Å². The molecule has 3 nitrogen and oxygen atoms in total. The van der Waals surface area contributed by atoms with E-state index >= 15 is 0 Å². The molecule has 122 valence electrons. The standard InChI is InChI=1S/C19H24N2OS/c1-13(2)19-21-16(12-23-19)10-18(22)20-11-15-8-5-7-14-6-3-4-9-17(14)15/h3-4,6,9,12-13,15H,5,7-8,10-11H2,1-2H3,(H,20,22). The first-order valence-electron chi connectivity index (χ1n) is 8.42. The number of hydrogen-bond donors (Lipinski definition) is 1. The molecule has 1 N–H and O–H groups in total. The van der Waals surface area contributed by atoms with Crippen molar-refractivity contribution in [1.82, 2.24) is 10.3 Å². The Morgan fingerprint density at radius 2 is 2.22 bits per heavy atom. The summed E-state index contributed by atoms with van der Waals surface area (Å²) in [7, 11) is 0. The molecule has 1 atom stereocenters. The molecular formula is C19H24N2OS. The number of nitrogens with zero attached hydrogens (tertiary/aromatic N) is 1. The zero-order chi connectivity index (χ0) is 16.2. The van der Waals surface area contributed by atoms with Crippen LogP contribution < -0.4 is 5.32 Å². The lowest BCUT2D eigenvalue weighted by atomic mass is 9.83. The first-order chi connectivity index (χ1) is 11.1. The molecule has 0 aliphatic heterocycles. The minimum absolute atomic E-state index is 0.0775. The quantitative estimate of drug-likeness (QED) is 0.900. The van der Waals surface area contributed by atoms with Crippen LogP contribution in [0.2, 0.25) is 0 Å². The minimum Gasteiger partial charge on any atom is -0.355 e. The molecule has 2 aromatic rings. The number of benzene rings is 1. The number of thiazole rings is 1. The summed E-state index contributed by atoms with van der Waals surface area (Å²) in [6.45, 7) is 4.99. The van der Waals surface area contributed by atoms with E-state index in [1.807, 2.05) is 5.38 Å². The van der Waals surface area contributed by atoms with Crippen LogP contribution in [0.25, 0.3) is 0 Å². The summed E-state index contributed by atoms with van der Waals surface area (Å²) >= 11 is 1.65. The molecule has 1 unspecified atom stereocenters. The molecule has 23 heavy (non-hydrogen) atoms. The van der Waals surface area contributed by atoms with Crippen LogP contribution in [0.15, 0.2) is 29.6 Å². The Kier molecular flexibility index (Phi) is 5.11. The van der Waals surface area contributed by atoms with Gasteiger partial charge in [-0.15, -0.1) is 11.3 Å². The monoisotopic (exact) mass is 328 g/mol. The second-order valence-electron chi connectivity index (χ2n) is 6.60. The third kappa shape index (κ3) is 3.99. The number of fused-ring (bicyclic) bond motifs is 1. The zero-order valence-electron chi connectivity index (χ0n) is 13.8. The maximum atomic E-state index is 12.2. The fraction of sp³-hybridized carbons (Fsp3) is 0.474. The van der Waals surface area contributed by atoms with E-state index in [-0.39, 0.29) is 5.91 Å². The molecule has 0 radical (unpaired) electrons. The van der Waals surface area contributed by atoms with E-state index in [0.717, 1.165) is 30.1 Å². The SMILES string of the molecule is CC(C)c1nc(CC(=O)NCC2CCCc3ccccc32)cs1. The molecular weight excluding hydrogens is 304 g/mol. The molecule has 3 rings (SSSR count). The maximum Gasteiger partial charge on any atom is 0.226 e. The van der Waals surface area contributed by atoms with Gasteiger partial charge in [0.05, 0.1) is 17.1 Å². The van der Waals surface area contributed by atoms with Gasteiger partial charge in [0.15, 0.2) is 0 Å². The molecule has 1 amide bonds. The van der Waals surface area contributed by atoms with Gasteiger partial charge in [-0.05, 0) is 30.4 Å². The molecule has 1 heterocycles. The molecule has 1 aromatic heterocycles. The Morgan fingerprint density at radius 3 is 3.00 bits per heavy atom. The van der Waals surface area contributed by atoms with Gasteiger partial charge in [-0.1, -0.05) is 38.1 Å². The van der Waals surface area contributed by atoms with Crippen molar-refractivity contribution in [3.05, 3.63) is 51.5 Å². The van der Waals surface area contributed by atoms with Gasteiger partial charge in [-0.3, -0.25) is 4.79 Å². The lowest BCUT2D eigenvalue weighted by Crippen LogP contribution is -2.31. The minimum atomic E-state index is 0.0775. The lowest BCUT2D eigenvalue weighted by molar-refractivity contribution is -0.120. The summed E-state index contributed by atoms with van der Waals surface area (Å²) in [5, 5.41) is 6.22. The second kappa shape index (κ2) is 7.26. The first kappa shape index (κ1) is 16.2. The Bertz CT molecular complexity index is 678. The summed E-state index contributed by atoms with van der Waals surface area (Å²) in [6.07, 6.45) is 3.92. The first-order valence-corrected chi connectivity index (χ1v) is 9.30. The van der Waals surface area contributed by atoms with Crippen molar-refractivity contribution in [1.29, 1.82) is 0 Å². The van der Waals surface area contributed by atoms with E-state index in [9.17, 15) is 4.79 Å². The van der Waals surface area contributed by atoms with Crippen molar-refractivity contribution >= 4 is 17.2 Å². The Hall–Kier alpha value is -1.68.